The fourth-order valence-electron chi connectivity index (χ4n) is 9.69. The van der Waals surface area contributed by atoms with Crippen LogP contribution in [0.1, 0.15) is 105 Å². The molecule has 0 fully saturated rings. The van der Waals surface area contributed by atoms with Crippen molar-refractivity contribution in [1.29, 1.82) is 0 Å². The van der Waals surface area contributed by atoms with Gasteiger partial charge >= 0.3 is 0 Å². The predicted octanol–water partition coefficient (Wildman–Crippen LogP) is 16.8. The molecule has 0 saturated carbocycles. The molecule has 0 radical (unpaired) electrons. The third kappa shape index (κ3) is 7.06. The van der Waals surface area contributed by atoms with Crippen LogP contribution in [-0.2, 0) is 21.7 Å². The molecule has 0 amide bonds. The highest BCUT2D eigenvalue weighted by Crippen LogP contribution is 2.55. The first kappa shape index (κ1) is 42.7. The van der Waals surface area contributed by atoms with Gasteiger partial charge in [0, 0.05) is 51.5 Å². The summed E-state index contributed by atoms with van der Waals surface area (Å²) in [7, 11) is 0. The van der Waals surface area contributed by atoms with E-state index in [0.29, 0.717) is 0 Å². The van der Waals surface area contributed by atoms with Crippen LogP contribution in [0.4, 0.5) is 34.1 Å². The Labute approximate surface area is 402 Å². The average Bonchev–Trinajstić information content (AvgIpc) is 4.03. The van der Waals surface area contributed by atoms with Gasteiger partial charge in [0.15, 0.2) is 0 Å². The third-order valence-corrected chi connectivity index (χ3v) is 18.5. The van der Waals surface area contributed by atoms with Crippen LogP contribution in [0, 0.1) is 0 Å². The van der Waals surface area contributed by atoms with Crippen LogP contribution < -0.4 is 24.8 Å². The quantitative estimate of drug-likeness (QED) is 0.162. The number of hydrogen-bond acceptors (Lipinski definition) is 6. The molecule has 6 heterocycles. The van der Waals surface area contributed by atoms with Crippen molar-refractivity contribution in [2.45, 2.75) is 105 Å². The van der Waals surface area contributed by atoms with E-state index in [2.05, 4.69) is 220 Å². The van der Waals surface area contributed by atoms with Crippen molar-refractivity contribution in [1.82, 2.24) is 0 Å². The number of anilines is 6. The number of nitrogens with zero attached hydrogens (tertiary/aromatic N) is 2. The molecule has 11 rings (SSSR count). The third-order valence-electron chi connectivity index (χ3n) is 13.5. The Morgan fingerprint density at radius 2 is 0.738 bits per heavy atom. The lowest BCUT2D eigenvalue weighted by Gasteiger charge is -2.42. The predicted molar refractivity (Wildman–Crippen MR) is 293 cm³/mol. The highest BCUT2D eigenvalue weighted by molar-refractivity contribution is 7.44. The van der Waals surface area contributed by atoms with Crippen molar-refractivity contribution in [2.75, 3.05) is 9.80 Å². The minimum atomic E-state index is -0.0312. The average molecular weight is 921 g/mol. The lowest BCUT2D eigenvalue weighted by molar-refractivity contribution is 0.568. The van der Waals surface area contributed by atoms with Crippen molar-refractivity contribution in [3.05, 3.63) is 150 Å². The maximum Gasteiger partial charge on any atom is 0.277 e. The summed E-state index contributed by atoms with van der Waals surface area (Å²) in [5.41, 5.74) is 17.0. The van der Waals surface area contributed by atoms with Gasteiger partial charge in [-0.1, -0.05) is 162 Å². The van der Waals surface area contributed by atoms with E-state index in [0.717, 1.165) is 0 Å². The van der Waals surface area contributed by atoms with Gasteiger partial charge in [0.2, 0.25) is 0 Å². The van der Waals surface area contributed by atoms with E-state index in [4.69, 9.17) is 0 Å². The Kier molecular flexibility index (Phi) is 9.72. The van der Waals surface area contributed by atoms with Crippen LogP contribution in [0.15, 0.2) is 127 Å². The van der Waals surface area contributed by atoms with Gasteiger partial charge in [0.25, 0.3) is 6.71 Å². The molecule has 5 aromatic carbocycles. The number of benzene rings is 5. The molecule has 7 heteroatoms. The molecule has 0 bridgehead atoms. The Hall–Kier alpha value is -4.92. The van der Waals surface area contributed by atoms with Crippen LogP contribution in [-0.4, -0.2) is 6.71 Å². The number of rotatable bonds is 4. The molecule has 0 spiro atoms. The van der Waals surface area contributed by atoms with Gasteiger partial charge < -0.3 is 9.80 Å². The summed E-state index contributed by atoms with van der Waals surface area (Å²) in [4.78, 5) is 8.00. The van der Waals surface area contributed by atoms with E-state index in [9.17, 15) is 0 Å². The van der Waals surface area contributed by atoms with Crippen LogP contribution in [0.25, 0.3) is 39.7 Å². The summed E-state index contributed by atoms with van der Waals surface area (Å²) in [5.74, 6) is 0. The Bertz CT molecular complexity index is 3030. The largest absolute Gasteiger partial charge is 0.309 e. The Morgan fingerprint density at radius 1 is 0.385 bits per heavy atom. The minimum absolute atomic E-state index is 0.0312. The van der Waals surface area contributed by atoms with Gasteiger partial charge in [-0.25, -0.2) is 0 Å². The van der Waals surface area contributed by atoms with E-state index in [-0.39, 0.29) is 28.4 Å². The van der Waals surface area contributed by atoms with Crippen LogP contribution in [0.5, 0.6) is 0 Å². The molecule has 0 unspecified atom stereocenters. The first-order valence-electron chi connectivity index (χ1n) is 23.0. The summed E-state index contributed by atoms with van der Waals surface area (Å²) >= 11 is 7.95. The molecule has 0 atom stereocenters. The van der Waals surface area contributed by atoms with Crippen molar-refractivity contribution >= 4 is 120 Å². The zero-order valence-corrected chi connectivity index (χ0v) is 43.0. The van der Waals surface area contributed by atoms with E-state index < -0.39 is 0 Å². The van der Waals surface area contributed by atoms with Crippen molar-refractivity contribution in [2.24, 2.45) is 0 Å². The molecule has 326 valence electrons. The fraction of sp³-hybridized carbons (Fsp3) is 0.276. The summed E-state index contributed by atoms with van der Waals surface area (Å²) in [6.45, 7) is 28.4. The van der Waals surface area contributed by atoms with Crippen molar-refractivity contribution in [3.8, 4) is 20.9 Å². The summed E-state index contributed by atoms with van der Waals surface area (Å²) in [6, 6.07) is 48.9. The number of thiophene rings is 4. The molecule has 0 saturated heterocycles. The molecule has 0 N–H and O–H groups in total. The molecular formula is C58H57BN2S4. The zero-order valence-electron chi connectivity index (χ0n) is 39.7. The SMILES string of the molecule is CC(C)(C)c1cc(N2c3cccc4c3B(c3sc5cc(-c6ccccc6)sc5c32)c2sc3cc(-c5ccccc5)sc3c2N4c2cc(C(C)(C)C)cc(C(C)(C)C)c2)cc(C(C)(C)C)c1. The molecule has 2 aliphatic rings. The highest BCUT2D eigenvalue weighted by Gasteiger charge is 2.48. The van der Waals surface area contributed by atoms with Gasteiger partial charge in [-0.2, -0.15) is 0 Å². The second kappa shape index (κ2) is 14.8. The van der Waals surface area contributed by atoms with Crippen LogP contribution in [0.3, 0.4) is 0 Å². The van der Waals surface area contributed by atoms with Crippen molar-refractivity contribution in [3.63, 3.8) is 0 Å². The fourth-order valence-corrected chi connectivity index (χ4v) is 15.3. The maximum atomic E-state index is 2.68. The van der Waals surface area contributed by atoms with Gasteiger partial charge in [0.05, 0.1) is 20.8 Å². The summed E-state index contributed by atoms with van der Waals surface area (Å²) in [6.07, 6.45) is 0. The molecular weight excluding hydrogens is 864 g/mol. The second-order valence-corrected chi connectivity index (χ2v) is 26.6. The lowest BCUT2D eigenvalue weighted by Crippen LogP contribution is -2.59. The van der Waals surface area contributed by atoms with E-state index in [1.54, 1.807) is 0 Å². The first-order chi connectivity index (χ1) is 30.7. The Balaban J connectivity index is 1.25. The van der Waals surface area contributed by atoms with E-state index in [1.807, 2.05) is 45.3 Å². The highest BCUT2D eigenvalue weighted by atomic mass is 32.1. The van der Waals surface area contributed by atoms with Crippen molar-refractivity contribution < 1.29 is 0 Å². The van der Waals surface area contributed by atoms with Gasteiger partial charge in [0.1, 0.15) is 0 Å². The monoisotopic (exact) mass is 920 g/mol. The normalized spacial score (nSPS) is 14.1. The summed E-state index contributed by atoms with van der Waals surface area (Å²) < 4.78 is 8.37. The number of fused-ring (bicyclic) bond motifs is 8. The summed E-state index contributed by atoms with van der Waals surface area (Å²) in [5, 5.41) is 0. The van der Waals surface area contributed by atoms with Gasteiger partial charge in [-0.15, -0.1) is 45.3 Å². The Morgan fingerprint density at radius 3 is 1.08 bits per heavy atom. The number of hydrogen-bond donors (Lipinski definition) is 0. The smallest absolute Gasteiger partial charge is 0.277 e. The van der Waals surface area contributed by atoms with Gasteiger partial charge in [-0.3, -0.25) is 0 Å². The van der Waals surface area contributed by atoms with Gasteiger partial charge in [-0.05, 0) is 109 Å². The van der Waals surface area contributed by atoms with E-state index >= 15 is 0 Å². The molecule has 2 nitrogen and oxygen atoms in total. The lowest BCUT2D eigenvalue weighted by atomic mass is 9.39. The minimum Gasteiger partial charge on any atom is -0.309 e. The van der Waals surface area contributed by atoms with Crippen LogP contribution in [0.2, 0.25) is 0 Å². The van der Waals surface area contributed by atoms with Crippen LogP contribution >= 0.6 is 45.3 Å². The second-order valence-electron chi connectivity index (χ2n) is 22.3. The standard InChI is InChI=1S/C58H57BN2S4/c1-55(2,3)36-26-37(56(4,5)6)29-40(28-36)60-42-24-19-25-43-48(42)59(53-49(60)51-46(64-53)32-44(62-51)34-20-15-13-16-21-34)54-50(52-47(65-54)33-45(63-52)35-22-17-14-18-23-35)61(43)41-30-38(57(7,8)9)27-39(31-41)58(10,11)12/h13-33H,1-12H3. The maximum absolute atomic E-state index is 2.68. The first-order valence-corrected chi connectivity index (χ1v) is 26.3. The molecule has 0 aliphatic carbocycles. The molecule has 65 heavy (non-hydrogen) atoms. The van der Waals surface area contributed by atoms with E-state index in [1.165, 1.54) is 111 Å². The molecule has 2 aliphatic heterocycles. The molecule has 4 aromatic heterocycles. The zero-order chi connectivity index (χ0) is 45.5. The topological polar surface area (TPSA) is 6.48 Å². The molecule has 9 aromatic rings.